The first-order valence-electron chi connectivity index (χ1n) is 8.27. The molecule has 0 aliphatic carbocycles. The third-order valence-corrected chi connectivity index (χ3v) is 4.86. The van der Waals surface area contributed by atoms with Gasteiger partial charge in [-0.2, -0.15) is 0 Å². The molecule has 3 aromatic rings. The summed E-state index contributed by atoms with van der Waals surface area (Å²) in [5.41, 5.74) is 7.77. The molecule has 136 valence electrons. The Bertz CT molecular complexity index is 947. The van der Waals surface area contributed by atoms with Gasteiger partial charge in [-0.3, -0.25) is 0 Å². The number of rotatable bonds is 3. The van der Waals surface area contributed by atoms with Gasteiger partial charge in [-0.05, 0) is 30.2 Å². The molecule has 4 N–H and O–H groups in total. The molecule has 1 fully saturated rings. The number of nitrogens with zero attached hydrogens (tertiary/aromatic N) is 3. The average molecular weight is 358 g/mol. The largest absolute Gasteiger partial charge is 0.387 e. The number of aliphatic hydroxyl groups is 2. The van der Waals surface area contributed by atoms with Crippen molar-refractivity contribution in [1.82, 2.24) is 14.5 Å². The van der Waals surface area contributed by atoms with E-state index in [1.165, 1.54) is 12.4 Å². The number of nitrogens with two attached hydrogens (primary N) is 1. The van der Waals surface area contributed by atoms with Crippen LogP contribution in [0.1, 0.15) is 23.4 Å². The Morgan fingerprint density at radius 3 is 2.85 bits per heavy atom. The molecule has 4 rings (SSSR count). The predicted octanol–water partition coefficient (Wildman–Crippen LogP) is 1.20. The number of aliphatic hydroxyl groups excluding tert-OH is 2. The highest BCUT2D eigenvalue weighted by Crippen LogP contribution is 2.36. The lowest BCUT2D eigenvalue weighted by Gasteiger charge is -2.22. The van der Waals surface area contributed by atoms with Gasteiger partial charge in [0, 0.05) is 17.8 Å². The monoisotopic (exact) mass is 358 g/mol. The fourth-order valence-electron chi connectivity index (χ4n) is 3.32. The number of aryl methyl sites for hydroxylation is 1. The van der Waals surface area contributed by atoms with Gasteiger partial charge in [0.1, 0.15) is 36.1 Å². The lowest BCUT2D eigenvalue weighted by atomic mass is 9.96. The van der Waals surface area contributed by atoms with Crippen LogP contribution in [0.15, 0.2) is 43.0 Å². The predicted molar refractivity (Wildman–Crippen MR) is 91.5 cm³/mol. The molecule has 0 spiro atoms. The second-order valence-electron chi connectivity index (χ2n) is 6.53. The topological polar surface area (TPSA) is 106 Å². The van der Waals surface area contributed by atoms with Crippen molar-refractivity contribution in [3.63, 3.8) is 0 Å². The van der Waals surface area contributed by atoms with Crippen molar-refractivity contribution < 1.29 is 19.3 Å². The second kappa shape index (κ2) is 6.40. The van der Waals surface area contributed by atoms with Gasteiger partial charge >= 0.3 is 0 Å². The lowest BCUT2D eigenvalue weighted by Crippen LogP contribution is -2.38. The van der Waals surface area contributed by atoms with E-state index in [1.54, 1.807) is 42.1 Å². The summed E-state index contributed by atoms with van der Waals surface area (Å²) in [6, 6.07) is 5.64. The highest BCUT2D eigenvalue weighted by molar-refractivity contribution is 5.74. The third-order valence-electron chi connectivity index (χ3n) is 4.86. The van der Waals surface area contributed by atoms with Crippen LogP contribution in [0.3, 0.4) is 0 Å². The van der Waals surface area contributed by atoms with Crippen molar-refractivity contribution in [3.05, 3.63) is 59.9 Å². The van der Waals surface area contributed by atoms with E-state index in [0.29, 0.717) is 16.8 Å². The maximum atomic E-state index is 13.8. The normalized spacial score (nSPS) is 27.1. The molecule has 1 aromatic carbocycles. The number of aromatic nitrogens is 3. The molecule has 1 aliphatic heterocycles. The highest BCUT2D eigenvalue weighted by Gasteiger charge is 2.46. The van der Waals surface area contributed by atoms with Crippen LogP contribution in [0.5, 0.6) is 0 Å². The highest BCUT2D eigenvalue weighted by atomic mass is 19.1. The molecule has 0 amide bonds. The molecule has 8 heteroatoms. The number of hydrogen-bond donors (Lipinski definition) is 3. The lowest BCUT2D eigenvalue weighted by molar-refractivity contribution is -0.0422. The van der Waals surface area contributed by atoms with E-state index in [-0.39, 0.29) is 5.82 Å². The van der Waals surface area contributed by atoms with Crippen molar-refractivity contribution in [2.24, 2.45) is 5.73 Å². The minimum absolute atomic E-state index is 0.379. The molecular formula is C18H19FN4O3. The van der Waals surface area contributed by atoms with E-state index in [0.717, 1.165) is 5.39 Å². The summed E-state index contributed by atoms with van der Waals surface area (Å²) in [6.45, 7) is 1.66. The molecule has 2 aromatic heterocycles. The average Bonchev–Trinajstić information content (AvgIpc) is 3.19. The Morgan fingerprint density at radius 1 is 1.27 bits per heavy atom. The molecule has 5 unspecified atom stereocenters. The van der Waals surface area contributed by atoms with Crippen LogP contribution < -0.4 is 5.73 Å². The minimum atomic E-state index is -1.22. The number of halogens is 1. The molecule has 0 radical (unpaired) electrons. The minimum Gasteiger partial charge on any atom is -0.387 e. The van der Waals surface area contributed by atoms with E-state index >= 15 is 0 Å². The van der Waals surface area contributed by atoms with Crippen molar-refractivity contribution in [1.29, 1.82) is 0 Å². The van der Waals surface area contributed by atoms with Gasteiger partial charge in [-0.25, -0.2) is 14.4 Å². The van der Waals surface area contributed by atoms with Gasteiger partial charge in [-0.15, -0.1) is 0 Å². The number of benzene rings is 1. The first-order valence-corrected chi connectivity index (χ1v) is 8.27. The number of fused-ring (bicyclic) bond motifs is 1. The summed E-state index contributed by atoms with van der Waals surface area (Å²) < 4.78 is 21.4. The first-order chi connectivity index (χ1) is 12.5. The molecule has 5 atom stereocenters. The smallest absolute Gasteiger partial charge is 0.164 e. The second-order valence-corrected chi connectivity index (χ2v) is 6.53. The number of ether oxygens (including phenoxy) is 1. The SMILES string of the molecule is Cc1ccc(C(N)C2OC(n3ccc4cncnc43)C(O)C2O)cc1F. The fourth-order valence-corrected chi connectivity index (χ4v) is 3.32. The van der Waals surface area contributed by atoms with E-state index in [2.05, 4.69) is 9.97 Å². The molecule has 3 heterocycles. The zero-order valence-corrected chi connectivity index (χ0v) is 14.0. The summed E-state index contributed by atoms with van der Waals surface area (Å²) in [5.74, 6) is -0.379. The molecule has 1 saturated heterocycles. The van der Waals surface area contributed by atoms with E-state index < -0.39 is 30.6 Å². The molecule has 7 nitrogen and oxygen atoms in total. The van der Waals surface area contributed by atoms with E-state index in [4.69, 9.17) is 10.5 Å². The molecule has 1 aliphatic rings. The van der Waals surface area contributed by atoms with Crippen LogP contribution in [0, 0.1) is 12.7 Å². The Morgan fingerprint density at radius 2 is 2.08 bits per heavy atom. The van der Waals surface area contributed by atoms with Gasteiger partial charge < -0.3 is 25.3 Å². The fraction of sp³-hybridized carbons (Fsp3) is 0.333. The van der Waals surface area contributed by atoms with Crippen LogP contribution in [-0.2, 0) is 4.74 Å². The summed E-state index contributed by atoms with van der Waals surface area (Å²) in [4.78, 5) is 8.15. The Kier molecular flexibility index (Phi) is 4.20. The van der Waals surface area contributed by atoms with Crippen molar-refractivity contribution in [2.75, 3.05) is 0 Å². The summed E-state index contributed by atoms with van der Waals surface area (Å²) in [7, 11) is 0. The zero-order chi connectivity index (χ0) is 18.4. The number of hydrogen-bond acceptors (Lipinski definition) is 6. The third kappa shape index (κ3) is 2.67. The molecule has 0 saturated carbocycles. The summed E-state index contributed by atoms with van der Waals surface area (Å²) in [5, 5.41) is 21.7. The van der Waals surface area contributed by atoms with E-state index in [9.17, 15) is 14.6 Å². The van der Waals surface area contributed by atoms with Crippen LogP contribution in [0.4, 0.5) is 4.39 Å². The Labute approximate surface area is 148 Å². The summed E-state index contributed by atoms with van der Waals surface area (Å²) in [6.07, 6.45) is 0.578. The van der Waals surface area contributed by atoms with Crippen LogP contribution in [0.2, 0.25) is 0 Å². The van der Waals surface area contributed by atoms with E-state index in [1.807, 2.05) is 0 Å². The Balaban J connectivity index is 1.64. The van der Waals surface area contributed by atoms with Crippen LogP contribution in [0.25, 0.3) is 11.0 Å². The van der Waals surface area contributed by atoms with Crippen molar-refractivity contribution in [3.8, 4) is 0 Å². The van der Waals surface area contributed by atoms with Crippen LogP contribution in [-0.4, -0.2) is 43.1 Å². The maximum absolute atomic E-state index is 13.8. The van der Waals surface area contributed by atoms with Gasteiger partial charge in [0.25, 0.3) is 0 Å². The summed E-state index contributed by atoms with van der Waals surface area (Å²) >= 11 is 0. The molecule has 26 heavy (non-hydrogen) atoms. The molecule has 0 bridgehead atoms. The van der Waals surface area contributed by atoms with Gasteiger partial charge in [0.05, 0.1) is 6.04 Å². The van der Waals surface area contributed by atoms with Gasteiger partial charge in [-0.1, -0.05) is 12.1 Å². The van der Waals surface area contributed by atoms with Gasteiger partial charge in [0.15, 0.2) is 6.23 Å². The van der Waals surface area contributed by atoms with Crippen molar-refractivity contribution >= 4 is 11.0 Å². The first kappa shape index (κ1) is 17.0. The van der Waals surface area contributed by atoms with Crippen LogP contribution >= 0.6 is 0 Å². The Hall–Kier alpha value is -2.39. The molecular weight excluding hydrogens is 339 g/mol. The zero-order valence-electron chi connectivity index (χ0n) is 14.0. The van der Waals surface area contributed by atoms with Crippen molar-refractivity contribution in [2.45, 2.75) is 37.5 Å². The maximum Gasteiger partial charge on any atom is 0.164 e. The quantitative estimate of drug-likeness (QED) is 0.650. The standard InChI is InChI=1S/C18H19FN4O3/c1-9-2-3-10(6-12(9)19)13(20)16-14(24)15(25)18(26-16)23-5-4-11-7-21-8-22-17(11)23/h2-8,13-16,18,24-25H,20H2,1H3. The van der Waals surface area contributed by atoms with Gasteiger partial charge in [0.2, 0.25) is 0 Å².